The summed E-state index contributed by atoms with van der Waals surface area (Å²) >= 11 is 0. The molecule has 4 aromatic rings. The second-order valence-electron chi connectivity index (χ2n) is 11.3. The summed E-state index contributed by atoms with van der Waals surface area (Å²) in [6.45, 7) is 3.39. The minimum atomic E-state index is -3.63. The molecule has 0 unspecified atom stereocenters. The van der Waals surface area contributed by atoms with E-state index in [9.17, 15) is 21.6 Å². The van der Waals surface area contributed by atoms with Crippen LogP contribution < -0.4 is 0 Å². The fraction of sp³-hybridized carbons (Fsp3) is 0.290. The molecule has 0 spiro atoms. The molecular formula is C31H31NO6S2. The van der Waals surface area contributed by atoms with Crippen LogP contribution in [0.15, 0.2) is 83.9 Å². The average molecular weight is 578 g/mol. The van der Waals surface area contributed by atoms with E-state index in [2.05, 4.69) is 4.98 Å². The summed E-state index contributed by atoms with van der Waals surface area (Å²) in [4.78, 5) is 15.9. The lowest BCUT2D eigenvalue weighted by atomic mass is 9.92. The number of sulfone groups is 2. The standard InChI is InChI=1S/C31H31NO6S2/c1-30(2,39(3,35)36)25-17-24-8-5-15-32-29(24)27(18-25)23-7-4-6-22(16-23)21-9-11-26(12-10-21)40(37,38)20-31(13-14-31)19-28(33)34/h4-12,15-18H,13-14,19-20H2,1-3H3,(H,33,34). The first-order chi connectivity index (χ1) is 18.7. The third kappa shape index (κ3) is 5.40. The largest absolute Gasteiger partial charge is 0.481 e. The van der Waals surface area contributed by atoms with E-state index in [0.29, 0.717) is 18.4 Å². The Morgan fingerprint density at radius 2 is 1.57 bits per heavy atom. The van der Waals surface area contributed by atoms with Crippen LogP contribution in [-0.4, -0.2) is 44.9 Å². The summed E-state index contributed by atoms with van der Waals surface area (Å²) in [5.41, 5.74) is 4.10. The van der Waals surface area contributed by atoms with Crippen molar-refractivity contribution in [2.45, 2.75) is 42.8 Å². The molecule has 1 N–H and O–H groups in total. The van der Waals surface area contributed by atoms with E-state index in [0.717, 1.165) is 33.2 Å². The van der Waals surface area contributed by atoms with E-state index in [1.807, 2.05) is 48.5 Å². The van der Waals surface area contributed by atoms with Crippen molar-refractivity contribution < 1.29 is 26.7 Å². The van der Waals surface area contributed by atoms with Gasteiger partial charge in [0, 0.05) is 23.4 Å². The van der Waals surface area contributed by atoms with Crippen molar-refractivity contribution in [3.8, 4) is 22.3 Å². The molecule has 1 saturated carbocycles. The molecule has 1 heterocycles. The van der Waals surface area contributed by atoms with E-state index in [4.69, 9.17) is 5.11 Å². The lowest BCUT2D eigenvalue weighted by molar-refractivity contribution is -0.138. The van der Waals surface area contributed by atoms with E-state index in [-0.39, 0.29) is 17.1 Å². The predicted molar refractivity (Wildman–Crippen MR) is 156 cm³/mol. The van der Waals surface area contributed by atoms with Crippen molar-refractivity contribution >= 4 is 36.5 Å². The summed E-state index contributed by atoms with van der Waals surface area (Å²) in [5.74, 6) is -1.14. The molecule has 0 amide bonds. The number of carboxylic acids is 1. The maximum absolute atomic E-state index is 13.0. The average Bonchev–Trinajstić information content (AvgIpc) is 3.64. The molecule has 0 radical (unpaired) electrons. The van der Waals surface area contributed by atoms with Gasteiger partial charge in [-0.25, -0.2) is 16.8 Å². The molecular weight excluding hydrogens is 546 g/mol. The zero-order valence-corrected chi connectivity index (χ0v) is 24.2. The maximum Gasteiger partial charge on any atom is 0.303 e. The first-order valence-corrected chi connectivity index (χ1v) is 16.5. The Kier molecular flexibility index (Phi) is 6.87. The van der Waals surface area contributed by atoms with Gasteiger partial charge in [0.25, 0.3) is 0 Å². The van der Waals surface area contributed by atoms with Crippen LogP contribution in [0, 0.1) is 5.41 Å². The summed E-state index contributed by atoms with van der Waals surface area (Å²) in [6, 6.07) is 21.9. The molecule has 0 saturated heterocycles. The van der Waals surface area contributed by atoms with Gasteiger partial charge in [-0.1, -0.05) is 36.4 Å². The van der Waals surface area contributed by atoms with Crippen LogP contribution in [0.2, 0.25) is 0 Å². The van der Waals surface area contributed by atoms with Crippen LogP contribution in [0.3, 0.4) is 0 Å². The molecule has 0 bridgehead atoms. The normalized spacial score (nSPS) is 15.2. The van der Waals surface area contributed by atoms with E-state index < -0.39 is 35.8 Å². The SMILES string of the molecule is CC(C)(c1cc(-c2cccc(-c3ccc(S(=O)(=O)CC4(CC(=O)O)CC4)cc3)c2)c2ncccc2c1)S(C)(=O)=O. The molecule has 1 aliphatic rings. The van der Waals surface area contributed by atoms with Crippen molar-refractivity contribution in [2.75, 3.05) is 12.0 Å². The van der Waals surface area contributed by atoms with Crippen LogP contribution in [0.1, 0.15) is 38.7 Å². The number of hydrogen-bond acceptors (Lipinski definition) is 6. The van der Waals surface area contributed by atoms with Crippen molar-refractivity contribution in [3.05, 3.63) is 84.6 Å². The van der Waals surface area contributed by atoms with Crippen LogP contribution >= 0.6 is 0 Å². The molecule has 1 fully saturated rings. The van der Waals surface area contributed by atoms with Crippen LogP contribution in [0.4, 0.5) is 0 Å². The van der Waals surface area contributed by atoms with E-state index >= 15 is 0 Å². The second kappa shape index (κ2) is 9.82. The Morgan fingerprint density at radius 3 is 2.20 bits per heavy atom. The van der Waals surface area contributed by atoms with Gasteiger partial charge in [-0.3, -0.25) is 9.78 Å². The van der Waals surface area contributed by atoms with E-state index in [1.54, 1.807) is 44.3 Å². The molecule has 9 heteroatoms. The molecule has 3 aromatic carbocycles. The Bertz CT molecular complexity index is 1840. The topological polar surface area (TPSA) is 118 Å². The maximum atomic E-state index is 13.0. The highest BCUT2D eigenvalue weighted by Gasteiger charge is 2.48. The third-order valence-corrected chi connectivity index (χ3v) is 12.1. The van der Waals surface area contributed by atoms with E-state index in [1.165, 1.54) is 6.26 Å². The number of aromatic nitrogens is 1. The number of carbonyl (C=O) groups is 1. The molecule has 0 aliphatic heterocycles. The van der Waals surface area contributed by atoms with Gasteiger partial charge in [-0.2, -0.15) is 0 Å². The van der Waals surface area contributed by atoms with Gasteiger partial charge in [0.15, 0.2) is 19.7 Å². The smallest absolute Gasteiger partial charge is 0.303 e. The Morgan fingerprint density at radius 1 is 0.900 bits per heavy atom. The first-order valence-electron chi connectivity index (χ1n) is 13.0. The molecule has 40 heavy (non-hydrogen) atoms. The van der Waals surface area contributed by atoms with Gasteiger partial charge in [0.2, 0.25) is 0 Å². The van der Waals surface area contributed by atoms with Gasteiger partial charge in [0.05, 0.1) is 27.3 Å². The highest BCUT2D eigenvalue weighted by molar-refractivity contribution is 7.91. The molecule has 208 valence electrons. The fourth-order valence-corrected chi connectivity index (χ4v) is 7.51. The number of aliphatic carboxylic acids is 1. The molecule has 1 aliphatic carbocycles. The second-order valence-corrected chi connectivity index (χ2v) is 15.9. The van der Waals surface area contributed by atoms with Gasteiger partial charge < -0.3 is 5.11 Å². The van der Waals surface area contributed by atoms with Crippen molar-refractivity contribution in [1.29, 1.82) is 0 Å². The van der Waals surface area contributed by atoms with Crippen molar-refractivity contribution in [3.63, 3.8) is 0 Å². The molecule has 7 nitrogen and oxygen atoms in total. The first kappa shape index (κ1) is 28.0. The highest BCUT2D eigenvalue weighted by atomic mass is 32.2. The number of fused-ring (bicyclic) bond motifs is 1. The summed E-state index contributed by atoms with van der Waals surface area (Å²) in [6.07, 6.45) is 4.02. The van der Waals surface area contributed by atoms with Crippen LogP contribution in [-0.2, 0) is 29.2 Å². The zero-order valence-electron chi connectivity index (χ0n) is 22.6. The van der Waals surface area contributed by atoms with Crippen molar-refractivity contribution in [2.24, 2.45) is 5.41 Å². The monoisotopic (exact) mass is 577 g/mol. The minimum Gasteiger partial charge on any atom is -0.481 e. The van der Waals surface area contributed by atoms with Crippen LogP contribution in [0.25, 0.3) is 33.2 Å². The lowest BCUT2D eigenvalue weighted by Crippen LogP contribution is -2.28. The van der Waals surface area contributed by atoms with Gasteiger partial charge in [0.1, 0.15) is 0 Å². The number of nitrogens with zero attached hydrogens (tertiary/aromatic N) is 1. The van der Waals surface area contributed by atoms with Gasteiger partial charge in [-0.15, -0.1) is 0 Å². The molecule has 5 rings (SSSR count). The molecule has 0 atom stereocenters. The van der Waals surface area contributed by atoms with Gasteiger partial charge in [-0.05, 0) is 90.8 Å². The number of hydrogen-bond donors (Lipinski definition) is 1. The zero-order chi connectivity index (χ0) is 28.9. The summed E-state index contributed by atoms with van der Waals surface area (Å²) in [5, 5.41) is 9.98. The minimum absolute atomic E-state index is 0.136. The molecule has 1 aromatic heterocycles. The lowest BCUT2D eigenvalue weighted by Gasteiger charge is -2.24. The summed E-state index contributed by atoms with van der Waals surface area (Å²) in [7, 11) is -7.03. The number of carboxylic acid groups (broad SMARTS) is 1. The Balaban J connectivity index is 1.51. The summed E-state index contributed by atoms with van der Waals surface area (Å²) < 4.78 is 50.2. The quantitative estimate of drug-likeness (QED) is 0.264. The number of pyridine rings is 1. The van der Waals surface area contributed by atoms with Gasteiger partial charge >= 0.3 is 5.97 Å². The fourth-order valence-electron chi connectivity index (χ4n) is 5.05. The number of benzene rings is 3. The highest BCUT2D eigenvalue weighted by Crippen LogP contribution is 2.50. The Labute approximate surface area is 234 Å². The van der Waals surface area contributed by atoms with Crippen LogP contribution in [0.5, 0.6) is 0 Å². The third-order valence-electron chi connectivity index (χ3n) is 8.03. The predicted octanol–water partition coefficient (Wildman–Crippen LogP) is 5.88. The number of rotatable bonds is 9. The Hall–Kier alpha value is -3.56. The van der Waals surface area contributed by atoms with Crippen molar-refractivity contribution in [1.82, 2.24) is 4.98 Å².